The van der Waals surface area contributed by atoms with Crippen molar-refractivity contribution in [3.63, 3.8) is 0 Å². The van der Waals surface area contributed by atoms with E-state index < -0.39 is 26.7 Å². The number of hydrogen-bond donors (Lipinski definition) is 0. The number of sulfone groups is 1. The second-order valence-corrected chi connectivity index (χ2v) is 6.47. The first-order valence-electron chi connectivity index (χ1n) is 5.22. The first-order chi connectivity index (χ1) is 8.30. The number of furan rings is 1. The molecule has 0 aliphatic rings. The third-order valence-corrected chi connectivity index (χ3v) is 4.25. The van der Waals surface area contributed by atoms with Gasteiger partial charge in [0.05, 0.1) is 0 Å². The molecule has 2 aromatic rings. The highest BCUT2D eigenvalue weighted by atomic mass is 32.2. The minimum atomic E-state index is -3.50. The van der Waals surface area contributed by atoms with Crippen molar-refractivity contribution in [3.05, 3.63) is 35.8 Å². The largest absolute Gasteiger partial charge is 0.450 e. The van der Waals surface area contributed by atoms with Crippen LogP contribution in [0.4, 0.5) is 4.39 Å². The van der Waals surface area contributed by atoms with Gasteiger partial charge in [-0.2, -0.15) is 0 Å². The molecular weight excluding hydrogens is 259 g/mol. The van der Waals surface area contributed by atoms with E-state index in [0.717, 1.165) is 6.26 Å². The van der Waals surface area contributed by atoms with Crippen LogP contribution in [0.15, 0.2) is 28.7 Å². The van der Waals surface area contributed by atoms with Crippen LogP contribution in [0.5, 0.6) is 0 Å². The van der Waals surface area contributed by atoms with Crippen LogP contribution in [-0.2, 0) is 9.84 Å². The Morgan fingerprint density at radius 2 is 2.06 bits per heavy atom. The van der Waals surface area contributed by atoms with Crippen LogP contribution in [-0.4, -0.2) is 25.7 Å². The van der Waals surface area contributed by atoms with Crippen molar-refractivity contribution in [3.8, 4) is 0 Å². The van der Waals surface area contributed by atoms with Gasteiger partial charge in [0.1, 0.15) is 5.25 Å². The van der Waals surface area contributed by atoms with E-state index in [2.05, 4.69) is 0 Å². The molecule has 0 saturated carbocycles. The molecule has 4 nitrogen and oxygen atoms in total. The molecule has 0 fully saturated rings. The van der Waals surface area contributed by atoms with Crippen LogP contribution >= 0.6 is 0 Å². The summed E-state index contributed by atoms with van der Waals surface area (Å²) in [4.78, 5) is 11.9. The number of para-hydroxylation sites is 1. The topological polar surface area (TPSA) is 64.3 Å². The Bertz CT molecular complexity index is 715. The molecule has 0 bridgehead atoms. The van der Waals surface area contributed by atoms with Crippen LogP contribution < -0.4 is 0 Å². The average Bonchev–Trinajstić information content (AvgIpc) is 2.71. The highest BCUT2D eigenvalue weighted by Gasteiger charge is 2.27. The Morgan fingerprint density at radius 3 is 2.61 bits per heavy atom. The first kappa shape index (κ1) is 12.8. The molecule has 0 radical (unpaired) electrons. The summed E-state index contributed by atoms with van der Waals surface area (Å²) in [6.45, 7) is 1.28. The molecule has 0 saturated heterocycles. The van der Waals surface area contributed by atoms with Crippen LogP contribution in [0.1, 0.15) is 17.5 Å². The molecule has 0 spiro atoms. The van der Waals surface area contributed by atoms with Crippen molar-refractivity contribution in [1.82, 2.24) is 0 Å². The van der Waals surface area contributed by atoms with E-state index in [-0.39, 0.29) is 11.3 Å². The van der Waals surface area contributed by atoms with Crippen LogP contribution in [0.2, 0.25) is 0 Å². The number of carbonyl (C=O) groups is 1. The van der Waals surface area contributed by atoms with E-state index in [9.17, 15) is 17.6 Å². The van der Waals surface area contributed by atoms with Crippen molar-refractivity contribution >= 4 is 26.6 Å². The molecule has 2 rings (SSSR count). The lowest BCUT2D eigenvalue weighted by atomic mass is 10.2. The molecule has 0 aliphatic carbocycles. The molecule has 0 amide bonds. The lowest BCUT2D eigenvalue weighted by Crippen LogP contribution is -2.25. The van der Waals surface area contributed by atoms with Crippen molar-refractivity contribution in [2.75, 3.05) is 6.26 Å². The Labute approximate surface area is 103 Å². The summed E-state index contributed by atoms with van der Waals surface area (Å²) < 4.78 is 41.0. The minimum Gasteiger partial charge on any atom is -0.450 e. The quantitative estimate of drug-likeness (QED) is 0.802. The molecule has 1 atom stereocenters. The van der Waals surface area contributed by atoms with Gasteiger partial charge in [0.15, 0.2) is 27.0 Å². The van der Waals surface area contributed by atoms with Crippen molar-refractivity contribution < 1.29 is 22.0 Å². The summed E-state index contributed by atoms with van der Waals surface area (Å²) >= 11 is 0. The lowest BCUT2D eigenvalue weighted by Gasteiger charge is -2.04. The van der Waals surface area contributed by atoms with Crippen LogP contribution in [0, 0.1) is 5.82 Å². The van der Waals surface area contributed by atoms with E-state index in [1.54, 1.807) is 6.07 Å². The van der Waals surface area contributed by atoms with Gasteiger partial charge in [0, 0.05) is 11.6 Å². The summed E-state index contributed by atoms with van der Waals surface area (Å²) in [5.74, 6) is -1.40. The standard InChI is InChI=1S/C12H11FO4S/c1-7(18(2,15)16)11(14)10-6-8-4-3-5-9(13)12(8)17-10/h3-7H,1-2H3. The molecule has 0 N–H and O–H groups in total. The molecule has 96 valence electrons. The van der Waals surface area contributed by atoms with E-state index in [1.807, 2.05) is 0 Å². The zero-order valence-corrected chi connectivity index (χ0v) is 10.6. The number of carbonyl (C=O) groups excluding carboxylic acids is 1. The van der Waals surface area contributed by atoms with Crippen LogP contribution in [0.3, 0.4) is 0 Å². The summed E-state index contributed by atoms with van der Waals surface area (Å²) in [5.41, 5.74) is -0.0402. The Kier molecular flexibility index (Phi) is 2.98. The molecule has 1 unspecified atom stereocenters. The maximum Gasteiger partial charge on any atom is 0.215 e. The fourth-order valence-electron chi connectivity index (χ4n) is 1.54. The number of benzene rings is 1. The van der Waals surface area contributed by atoms with E-state index in [4.69, 9.17) is 4.42 Å². The van der Waals surface area contributed by atoms with Gasteiger partial charge < -0.3 is 4.42 Å². The normalized spacial score (nSPS) is 13.7. The average molecular weight is 270 g/mol. The zero-order valence-electron chi connectivity index (χ0n) is 9.81. The van der Waals surface area contributed by atoms with E-state index in [1.165, 1.54) is 25.1 Å². The second-order valence-electron chi connectivity index (χ2n) is 4.10. The molecule has 1 heterocycles. The summed E-state index contributed by atoms with van der Waals surface area (Å²) in [7, 11) is -3.50. The molecule has 6 heteroatoms. The van der Waals surface area contributed by atoms with Gasteiger partial charge in [-0.1, -0.05) is 12.1 Å². The van der Waals surface area contributed by atoms with Gasteiger partial charge in [-0.3, -0.25) is 4.79 Å². The van der Waals surface area contributed by atoms with Gasteiger partial charge >= 0.3 is 0 Å². The maximum absolute atomic E-state index is 13.4. The predicted octanol–water partition coefficient (Wildman–Crippen LogP) is 2.19. The number of ketones is 1. The van der Waals surface area contributed by atoms with E-state index >= 15 is 0 Å². The minimum absolute atomic E-state index is 0.0402. The van der Waals surface area contributed by atoms with Crippen molar-refractivity contribution in [2.24, 2.45) is 0 Å². The fourth-order valence-corrected chi connectivity index (χ4v) is 2.05. The molecular formula is C12H11FO4S. The van der Waals surface area contributed by atoms with Gasteiger partial charge in [0.25, 0.3) is 0 Å². The SMILES string of the molecule is CC(C(=O)c1cc2cccc(F)c2o1)S(C)(=O)=O. The zero-order chi connectivity index (χ0) is 13.5. The first-order valence-corrected chi connectivity index (χ1v) is 7.17. The molecule has 1 aromatic carbocycles. The number of halogens is 1. The fraction of sp³-hybridized carbons (Fsp3) is 0.250. The number of rotatable bonds is 3. The summed E-state index contributed by atoms with van der Waals surface area (Å²) in [6.07, 6.45) is 0.971. The van der Waals surface area contributed by atoms with Gasteiger partial charge in [-0.15, -0.1) is 0 Å². The molecule has 18 heavy (non-hydrogen) atoms. The summed E-state index contributed by atoms with van der Waals surface area (Å²) in [5, 5.41) is -0.778. The number of fused-ring (bicyclic) bond motifs is 1. The van der Waals surface area contributed by atoms with Gasteiger partial charge in [-0.05, 0) is 19.1 Å². The molecule has 1 aromatic heterocycles. The van der Waals surface area contributed by atoms with Crippen LogP contribution in [0.25, 0.3) is 11.0 Å². The van der Waals surface area contributed by atoms with Crippen molar-refractivity contribution in [2.45, 2.75) is 12.2 Å². The number of Topliss-reactive ketones (excluding diaryl/α,β-unsaturated/α-hetero) is 1. The monoisotopic (exact) mass is 270 g/mol. The van der Waals surface area contributed by atoms with Gasteiger partial charge in [-0.25, -0.2) is 12.8 Å². The van der Waals surface area contributed by atoms with Gasteiger partial charge in [0.2, 0.25) is 5.78 Å². The number of hydrogen-bond acceptors (Lipinski definition) is 4. The summed E-state index contributed by atoms with van der Waals surface area (Å²) in [6, 6.07) is 5.63. The smallest absolute Gasteiger partial charge is 0.215 e. The Hall–Kier alpha value is -1.69. The molecule has 0 aliphatic heterocycles. The highest BCUT2D eigenvalue weighted by Crippen LogP contribution is 2.23. The highest BCUT2D eigenvalue weighted by molar-refractivity contribution is 7.92. The third kappa shape index (κ3) is 2.15. The Morgan fingerprint density at radius 1 is 1.39 bits per heavy atom. The third-order valence-electron chi connectivity index (χ3n) is 2.75. The predicted molar refractivity (Wildman–Crippen MR) is 64.8 cm³/mol. The maximum atomic E-state index is 13.4. The lowest BCUT2D eigenvalue weighted by molar-refractivity contribution is 0.0967. The van der Waals surface area contributed by atoms with Crippen molar-refractivity contribution in [1.29, 1.82) is 0 Å². The van der Waals surface area contributed by atoms with E-state index in [0.29, 0.717) is 5.39 Å². The Balaban J connectivity index is 2.50. The second kappa shape index (κ2) is 4.20.